The first kappa shape index (κ1) is 22.2. The summed E-state index contributed by atoms with van der Waals surface area (Å²) >= 11 is 0. The monoisotopic (exact) mass is 442 g/mol. The lowest BCUT2D eigenvalue weighted by atomic mass is 9.97. The fourth-order valence-electron chi connectivity index (χ4n) is 3.64. The normalized spacial score (nSPS) is 15.9. The molecule has 1 N–H and O–H groups in total. The van der Waals surface area contributed by atoms with Crippen LogP contribution in [0, 0.1) is 31.4 Å². The maximum absolute atomic E-state index is 14.1. The molecule has 8 nitrogen and oxygen atoms in total. The van der Waals surface area contributed by atoms with E-state index in [2.05, 4.69) is 10.5 Å². The van der Waals surface area contributed by atoms with Gasteiger partial charge in [-0.1, -0.05) is 5.16 Å². The number of carbonyl (C=O) groups is 1. The average molecular weight is 442 g/mol. The van der Waals surface area contributed by atoms with Crippen LogP contribution in [0.3, 0.4) is 0 Å². The lowest BCUT2D eigenvalue weighted by Crippen LogP contribution is -2.41. The van der Waals surface area contributed by atoms with Gasteiger partial charge in [-0.15, -0.1) is 0 Å². The van der Waals surface area contributed by atoms with Crippen LogP contribution >= 0.6 is 0 Å². The summed E-state index contributed by atoms with van der Waals surface area (Å²) in [5.74, 6) is -2.22. The van der Waals surface area contributed by atoms with Crippen LogP contribution in [0.4, 0.5) is 20.2 Å². The Kier molecular flexibility index (Phi) is 6.14. The Bertz CT molecular complexity index is 1020. The molecule has 1 aromatic carbocycles. The largest absolute Gasteiger partial charge is 0.373 e. The summed E-state index contributed by atoms with van der Waals surface area (Å²) in [6.45, 7) is 3.38. The first-order chi connectivity index (χ1) is 14.0. The Morgan fingerprint density at radius 3 is 2.23 bits per heavy atom. The number of hydrogen-bond donors (Lipinski definition) is 1. The van der Waals surface area contributed by atoms with Crippen molar-refractivity contribution in [2.75, 3.05) is 37.4 Å². The number of nitrogens with one attached hydrogen (secondary N) is 1. The predicted molar refractivity (Wildman–Crippen MR) is 107 cm³/mol. The summed E-state index contributed by atoms with van der Waals surface area (Å²) in [4.78, 5) is 13.9. The molecule has 0 bridgehead atoms. The minimum Gasteiger partial charge on any atom is -0.373 e. The minimum atomic E-state index is -3.77. The summed E-state index contributed by atoms with van der Waals surface area (Å²) in [6, 6.07) is 2.13. The molecule has 1 aromatic heterocycles. The van der Waals surface area contributed by atoms with Crippen molar-refractivity contribution in [2.45, 2.75) is 31.6 Å². The van der Waals surface area contributed by atoms with E-state index in [0.717, 1.165) is 12.1 Å². The number of benzene rings is 1. The quantitative estimate of drug-likeness (QED) is 0.765. The average Bonchev–Trinajstić information content (AvgIpc) is 3.00. The molecule has 1 amide bonds. The Balaban J connectivity index is 1.66. The first-order valence-corrected chi connectivity index (χ1v) is 10.9. The molecule has 2 aromatic rings. The van der Waals surface area contributed by atoms with Crippen LogP contribution in [0.25, 0.3) is 0 Å². The highest BCUT2D eigenvalue weighted by molar-refractivity contribution is 7.89. The summed E-state index contributed by atoms with van der Waals surface area (Å²) in [7, 11) is -0.735. The van der Waals surface area contributed by atoms with Crippen LogP contribution in [-0.2, 0) is 14.8 Å². The van der Waals surface area contributed by atoms with Crippen molar-refractivity contribution in [3.05, 3.63) is 35.2 Å². The van der Waals surface area contributed by atoms with Gasteiger partial charge in [-0.25, -0.2) is 17.2 Å². The molecule has 11 heteroatoms. The van der Waals surface area contributed by atoms with Gasteiger partial charge in [0.25, 0.3) is 0 Å². The Morgan fingerprint density at radius 2 is 1.77 bits per heavy atom. The molecule has 30 heavy (non-hydrogen) atoms. The van der Waals surface area contributed by atoms with Gasteiger partial charge in [0, 0.05) is 38.8 Å². The number of amides is 1. The number of hydrogen-bond acceptors (Lipinski definition) is 6. The van der Waals surface area contributed by atoms with Crippen molar-refractivity contribution >= 4 is 27.3 Å². The standard InChI is InChI=1S/C19H24F2N4O4S/c1-11-18(12(2)29-23-11)30(27,28)25-7-5-13(6-8-25)19(26)22-14-9-15(20)17(24(3)4)16(21)10-14/h9-10,13H,5-8H2,1-4H3,(H,22,26). The highest BCUT2D eigenvalue weighted by Gasteiger charge is 2.35. The number of anilines is 2. The molecule has 1 aliphatic heterocycles. The number of rotatable bonds is 5. The Morgan fingerprint density at radius 1 is 1.20 bits per heavy atom. The second kappa shape index (κ2) is 8.31. The van der Waals surface area contributed by atoms with Gasteiger partial charge in [-0.05, 0) is 38.8 Å². The SMILES string of the molecule is Cc1noc(C)c1S(=O)(=O)N1CCC(C(=O)Nc2cc(F)c(N(C)C)c(F)c2)CC1. The van der Waals surface area contributed by atoms with E-state index in [1.54, 1.807) is 6.92 Å². The summed E-state index contributed by atoms with van der Waals surface area (Å²) in [5.41, 5.74) is 0.120. The van der Waals surface area contributed by atoms with Crippen molar-refractivity contribution in [3.8, 4) is 0 Å². The third-order valence-corrected chi connectivity index (χ3v) is 7.27. The topological polar surface area (TPSA) is 95.8 Å². The minimum absolute atomic E-state index is 0.0198. The van der Waals surface area contributed by atoms with Crippen molar-refractivity contribution < 1.29 is 26.5 Å². The molecule has 0 atom stereocenters. The molecule has 164 valence electrons. The number of carbonyl (C=O) groups excluding carboxylic acids is 1. The molecular weight excluding hydrogens is 418 g/mol. The van der Waals surface area contributed by atoms with E-state index in [4.69, 9.17) is 4.52 Å². The molecule has 1 aliphatic rings. The summed E-state index contributed by atoms with van der Waals surface area (Å²) < 4.78 is 60.2. The summed E-state index contributed by atoms with van der Waals surface area (Å²) in [5, 5.41) is 6.22. The van der Waals surface area contributed by atoms with Crippen LogP contribution in [0.1, 0.15) is 24.3 Å². The van der Waals surface area contributed by atoms with E-state index in [9.17, 15) is 22.0 Å². The van der Waals surface area contributed by atoms with E-state index in [1.165, 1.54) is 30.2 Å². The van der Waals surface area contributed by atoms with Crippen molar-refractivity contribution in [2.24, 2.45) is 5.92 Å². The van der Waals surface area contributed by atoms with Crippen LogP contribution < -0.4 is 10.2 Å². The van der Waals surface area contributed by atoms with Crippen LogP contribution in [0.5, 0.6) is 0 Å². The molecule has 0 aliphatic carbocycles. The van der Waals surface area contributed by atoms with Gasteiger partial charge in [0.15, 0.2) is 17.4 Å². The van der Waals surface area contributed by atoms with E-state index in [0.29, 0.717) is 0 Å². The van der Waals surface area contributed by atoms with Gasteiger partial charge < -0.3 is 14.7 Å². The number of halogens is 2. The molecule has 0 saturated carbocycles. The maximum Gasteiger partial charge on any atom is 0.248 e. The van der Waals surface area contributed by atoms with Crippen molar-refractivity contribution in [3.63, 3.8) is 0 Å². The zero-order valence-electron chi connectivity index (χ0n) is 17.2. The van der Waals surface area contributed by atoms with E-state index < -0.39 is 33.5 Å². The molecule has 0 radical (unpaired) electrons. The first-order valence-electron chi connectivity index (χ1n) is 9.42. The van der Waals surface area contributed by atoms with Crippen LogP contribution in [0.2, 0.25) is 0 Å². The van der Waals surface area contributed by atoms with E-state index >= 15 is 0 Å². The van der Waals surface area contributed by atoms with Gasteiger partial charge in [0.05, 0.1) is 0 Å². The Labute approximate surface area is 173 Å². The second-order valence-electron chi connectivity index (χ2n) is 7.50. The van der Waals surface area contributed by atoms with Gasteiger partial charge in [-0.2, -0.15) is 4.31 Å². The van der Waals surface area contributed by atoms with Crippen molar-refractivity contribution in [1.29, 1.82) is 0 Å². The highest BCUT2D eigenvalue weighted by Crippen LogP contribution is 2.29. The third-order valence-electron chi connectivity index (χ3n) is 5.12. The highest BCUT2D eigenvalue weighted by atomic mass is 32.2. The Hall–Kier alpha value is -2.53. The molecule has 3 rings (SSSR count). The zero-order chi connectivity index (χ0) is 22.2. The second-order valence-corrected chi connectivity index (χ2v) is 9.38. The lowest BCUT2D eigenvalue weighted by molar-refractivity contribution is -0.120. The van der Waals surface area contributed by atoms with Gasteiger partial charge in [-0.3, -0.25) is 4.79 Å². The van der Waals surface area contributed by atoms with Crippen LogP contribution in [0.15, 0.2) is 21.6 Å². The number of sulfonamides is 1. The van der Waals surface area contributed by atoms with Crippen molar-refractivity contribution in [1.82, 2.24) is 9.46 Å². The number of piperidine rings is 1. The van der Waals surface area contributed by atoms with E-state index in [1.807, 2.05) is 0 Å². The maximum atomic E-state index is 14.1. The molecule has 1 saturated heterocycles. The number of aryl methyl sites for hydroxylation is 2. The third kappa shape index (κ3) is 4.17. The van der Waals surface area contributed by atoms with Gasteiger partial charge in [0.1, 0.15) is 16.3 Å². The fourth-order valence-corrected chi connectivity index (χ4v) is 5.40. The molecule has 1 fully saturated rings. The van der Waals surface area contributed by atoms with E-state index in [-0.39, 0.29) is 53.7 Å². The predicted octanol–water partition coefficient (Wildman–Crippen LogP) is 2.68. The molecular formula is C19H24F2N4O4S. The molecule has 2 heterocycles. The zero-order valence-corrected chi connectivity index (χ0v) is 18.0. The number of nitrogens with zero attached hydrogens (tertiary/aromatic N) is 3. The van der Waals surface area contributed by atoms with Gasteiger partial charge in [0.2, 0.25) is 15.9 Å². The van der Waals surface area contributed by atoms with Crippen LogP contribution in [-0.4, -0.2) is 51.0 Å². The fraction of sp³-hybridized carbons (Fsp3) is 0.474. The number of aromatic nitrogens is 1. The summed E-state index contributed by atoms with van der Waals surface area (Å²) in [6.07, 6.45) is 0.574. The smallest absolute Gasteiger partial charge is 0.248 e. The molecule has 0 spiro atoms. The lowest BCUT2D eigenvalue weighted by Gasteiger charge is -2.30. The molecule has 0 unspecified atom stereocenters. The van der Waals surface area contributed by atoms with Gasteiger partial charge >= 0.3 is 0 Å².